The summed E-state index contributed by atoms with van der Waals surface area (Å²) in [6, 6.07) is 12.6. The third-order valence-electron chi connectivity index (χ3n) is 7.95. The average Bonchev–Trinajstić information content (AvgIpc) is 3.34. The number of carbonyl (C=O) groups excluding carboxylic acids is 1. The van der Waals surface area contributed by atoms with Crippen molar-refractivity contribution in [3.63, 3.8) is 0 Å². The average molecular weight is 451 g/mol. The first-order valence-corrected chi connectivity index (χ1v) is 12.7. The number of nitrogens with one attached hydrogen (secondary N) is 1. The summed E-state index contributed by atoms with van der Waals surface area (Å²) in [5.74, 6) is 2.15. The molecule has 2 aliphatic heterocycles. The highest BCUT2D eigenvalue weighted by molar-refractivity contribution is 5.94. The number of benzene rings is 2. The Bertz CT molecular complexity index is 945. The van der Waals surface area contributed by atoms with Crippen LogP contribution in [0.25, 0.3) is 0 Å². The molecule has 0 radical (unpaired) electrons. The highest BCUT2D eigenvalue weighted by Crippen LogP contribution is 2.37. The number of amides is 1. The van der Waals surface area contributed by atoms with Crippen LogP contribution in [-0.4, -0.2) is 43.1 Å². The fourth-order valence-electron chi connectivity index (χ4n) is 5.93. The number of ether oxygens (including phenoxy) is 1. The minimum atomic E-state index is -0.311. The Labute approximate surface area is 196 Å². The van der Waals surface area contributed by atoms with E-state index in [0.717, 1.165) is 37.5 Å². The van der Waals surface area contributed by atoms with Crippen LogP contribution in [0.1, 0.15) is 72.3 Å². The molecule has 0 atom stereocenters. The number of likely N-dealkylation sites (tertiary alicyclic amines) is 1. The standard InChI is InChI=1S/C28H35FN2O2/c29-23-8-6-22(7-9-23)28(32)30-24-10-4-20(5-11-24)12-16-31-17-13-21(14-18-31)25-2-1-3-27-26(25)15-19-33-27/h1-3,6-9,20-21,24H,4-5,10-19H2,(H,30,32)/t20-,24-. The molecule has 0 unspecified atom stereocenters. The lowest BCUT2D eigenvalue weighted by Gasteiger charge is -2.35. The summed E-state index contributed by atoms with van der Waals surface area (Å²) in [5.41, 5.74) is 3.53. The van der Waals surface area contributed by atoms with Crippen LogP contribution in [0.4, 0.5) is 4.39 Å². The summed E-state index contributed by atoms with van der Waals surface area (Å²) in [4.78, 5) is 15.0. The van der Waals surface area contributed by atoms with Crippen molar-refractivity contribution in [1.29, 1.82) is 0 Å². The van der Waals surface area contributed by atoms with E-state index in [1.165, 1.54) is 75.0 Å². The number of piperidine rings is 1. The van der Waals surface area contributed by atoms with Crippen molar-refractivity contribution in [2.24, 2.45) is 5.92 Å². The van der Waals surface area contributed by atoms with E-state index in [4.69, 9.17) is 4.74 Å². The van der Waals surface area contributed by atoms with Gasteiger partial charge in [0.2, 0.25) is 0 Å². The first-order valence-electron chi connectivity index (χ1n) is 12.7. The number of carbonyl (C=O) groups is 1. The van der Waals surface area contributed by atoms with E-state index >= 15 is 0 Å². The molecule has 1 saturated heterocycles. The largest absolute Gasteiger partial charge is 0.493 e. The lowest BCUT2D eigenvalue weighted by molar-refractivity contribution is 0.0919. The SMILES string of the molecule is O=C(N[C@H]1CC[C@H](CCN2CCC(c3cccc4c3CCO4)CC2)CC1)c1ccc(F)cc1. The Balaban J connectivity index is 1.02. The van der Waals surface area contributed by atoms with Gasteiger partial charge in [-0.1, -0.05) is 12.1 Å². The fraction of sp³-hybridized carbons (Fsp3) is 0.536. The van der Waals surface area contributed by atoms with Crippen molar-refractivity contribution >= 4 is 5.91 Å². The fourth-order valence-corrected chi connectivity index (χ4v) is 5.93. The lowest BCUT2D eigenvalue weighted by Crippen LogP contribution is -2.38. The van der Waals surface area contributed by atoms with E-state index in [-0.39, 0.29) is 17.8 Å². The molecular formula is C28H35FN2O2. The van der Waals surface area contributed by atoms with Crippen LogP contribution in [0.2, 0.25) is 0 Å². The summed E-state index contributed by atoms with van der Waals surface area (Å²) < 4.78 is 18.8. The molecule has 2 fully saturated rings. The molecule has 1 amide bonds. The predicted molar refractivity (Wildman–Crippen MR) is 128 cm³/mol. The number of halogens is 1. The van der Waals surface area contributed by atoms with Gasteiger partial charge >= 0.3 is 0 Å². The molecule has 1 N–H and O–H groups in total. The van der Waals surface area contributed by atoms with Gasteiger partial charge in [-0.05, 0) is 112 Å². The van der Waals surface area contributed by atoms with Gasteiger partial charge in [-0.2, -0.15) is 0 Å². The molecule has 1 saturated carbocycles. The maximum Gasteiger partial charge on any atom is 0.251 e. The smallest absolute Gasteiger partial charge is 0.251 e. The zero-order valence-corrected chi connectivity index (χ0v) is 19.4. The van der Waals surface area contributed by atoms with Gasteiger partial charge in [0.25, 0.3) is 5.91 Å². The first kappa shape index (κ1) is 22.4. The second-order valence-electron chi connectivity index (χ2n) is 10.0. The second-order valence-corrected chi connectivity index (χ2v) is 10.0. The zero-order chi connectivity index (χ0) is 22.6. The maximum atomic E-state index is 13.1. The third-order valence-corrected chi connectivity index (χ3v) is 7.95. The van der Waals surface area contributed by atoms with E-state index in [1.807, 2.05) is 0 Å². The highest BCUT2D eigenvalue weighted by atomic mass is 19.1. The Kier molecular flexibility index (Phi) is 6.96. The molecule has 176 valence electrons. The van der Waals surface area contributed by atoms with Crippen LogP contribution in [0, 0.1) is 11.7 Å². The Hall–Kier alpha value is -2.40. The quantitative estimate of drug-likeness (QED) is 0.648. The van der Waals surface area contributed by atoms with Crippen molar-refractivity contribution in [2.45, 2.75) is 63.3 Å². The van der Waals surface area contributed by atoms with Crippen LogP contribution >= 0.6 is 0 Å². The topological polar surface area (TPSA) is 41.6 Å². The Morgan fingerprint density at radius 3 is 2.52 bits per heavy atom. The number of hydrogen-bond acceptors (Lipinski definition) is 3. The predicted octanol–water partition coefficient (Wildman–Crippen LogP) is 5.32. The second kappa shape index (κ2) is 10.3. The number of hydrogen-bond donors (Lipinski definition) is 1. The Morgan fingerprint density at radius 2 is 1.76 bits per heavy atom. The van der Waals surface area contributed by atoms with Crippen LogP contribution in [0.5, 0.6) is 5.75 Å². The monoisotopic (exact) mass is 450 g/mol. The maximum absolute atomic E-state index is 13.1. The lowest BCUT2D eigenvalue weighted by atomic mass is 9.83. The summed E-state index contributed by atoms with van der Waals surface area (Å²) in [7, 11) is 0. The van der Waals surface area contributed by atoms with Crippen LogP contribution in [-0.2, 0) is 6.42 Å². The van der Waals surface area contributed by atoms with Gasteiger partial charge in [0.15, 0.2) is 0 Å². The summed E-state index contributed by atoms with van der Waals surface area (Å²) in [6.45, 7) is 4.42. The molecule has 33 heavy (non-hydrogen) atoms. The molecule has 0 aromatic heterocycles. The molecule has 5 heteroatoms. The molecule has 0 spiro atoms. The number of rotatable bonds is 6. The van der Waals surface area contributed by atoms with Gasteiger partial charge in [-0.3, -0.25) is 4.79 Å². The Morgan fingerprint density at radius 1 is 1.00 bits per heavy atom. The minimum Gasteiger partial charge on any atom is -0.493 e. The van der Waals surface area contributed by atoms with E-state index in [0.29, 0.717) is 11.5 Å². The number of nitrogens with zero attached hydrogens (tertiary/aromatic N) is 1. The van der Waals surface area contributed by atoms with Gasteiger partial charge in [-0.25, -0.2) is 4.39 Å². The summed E-state index contributed by atoms with van der Waals surface area (Å²) in [6.07, 6.45) is 9.28. The highest BCUT2D eigenvalue weighted by Gasteiger charge is 2.27. The van der Waals surface area contributed by atoms with Gasteiger partial charge in [-0.15, -0.1) is 0 Å². The molecule has 0 bridgehead atoms. The van der Waals surface area contributed by atoms with Crippen LogP contribution in [0.15, 0.2) is 42.5 Å². The normalized spacial score (nSPS) is 23.7. The molecule has 1 aliphatic carbocycles. The zero-order valence-electron chi connectivity index (χ0n) is 19.4. The molecule has 2 aromatic carbocycles. The van der Waals surface area contributed by atoms with E-state index in [9.17, 15) is 9.18 Å². The summed E-state index contributed by atoms with van der Waals surface area (Å²) in [5, 5.41) is 3.14. The molecular weight excluding hydrogens is 415 g/mol. The molecule has 3 aliphatic rings. The van der Waals surface area contributed by atoms with Crippen LogP contribution < -0.4 is 10.1 Å². The van der Waals surface area contributed by atoms with E-state index in [1.54, 1.807) is 12.1 Å². The first-order chi connectivity index (χ1) is 16.2. The van der Waals surface area contributed by atoms with E-state index in [2.05, 4.69) is 28.4 Å². The number of fused-ring (bicyclic) bond motifs is 1. The van der Waals surface area contributed by atoms with E-state index < -0.39 is 0 Å². The molecule has 2 aromatic rings. The van der Waals surface area contributed by atoms with Crippen LogP contribution in [0.3, 0.4) is 0 Å². The molecule has 2 heterocycles. The van der Waals surface area contributed by atoms with Crippen molar-refractivity contribution in [3.05, 3.63) is 65.0 Å². The van der Waals surface area contributed by atoms with Crippen molar-refractivity contribution in [3.8, 4) is 5.75 Å². The molecule has 4 nitrogen and oxygen atoms in total. The van der Waals surface area contributed by atoms with Crippen molar-refractivity contribution < 1.29 is 13.9 Å². The minimum absolute atomic E-state index is 0.0862. The van der Waals surface area contributed by atoms with Gasteiger partial charge in [0.1, 0.15) is 11.6 Å². The van der Waals surface area contributed by atoms with Crippen molar-refractivity contribution in [2.75, 3.05) is 26.2 Å². The molecule has 5 rings (SSSR count). The van der Waals surface area contributed by atoms with Gasteiger partial charge < -0.3 is 15.0 Å². The van der Waals surface area contributed by atoms with Crippen molar-refractivity contribution in [1.82, 2.24) is 10.2 Å². The van der Waals surface area contributed by atoms with Gasteiger partial charge in [0, 0.05) is 23.6 Å². The van der Waals surface area contributed by atoms with Gasteiger partial charge in [0.05, 0.1) is 6.61 Å². The summed E-state index contributed by atoms with van der Waals surface area (Å²) >= 11 is 0. The third kappa shape index (κ3) is 5.40.